The fourth-order valence-corrected chi connectivity index (χ4v) is 2.38. The summed E-state index contributed by atoms with van der Waals surface area (Å²) in [5.41, 5.74) is 6.66. The Balaban J connectivity index is 1.80. The number of hydrogen-bond donors (Lipinski definition) is 3. The number of aliphatic imine (C=N–C) groups is 1. The smallest absolute Gasteiger partial charge is 0.188 e. The summed E-state index contributed by atoms with van der Waals surface area (Å²) in [5, 5.41) is 13.2. The normalized spacial score (nSPS) is 19.1. The molecule has 1 aliphatic carbocycles. The average molecular weight is 262 g/mol. The van der Waals surface area contributed by atoms with E-state index in [0.717, 1.165) is 18.4 Å². The van der Waals surface area contributed by atoms with Gasteiger partial charge in [-0.05, 0) is 30.5 Å². The minimum absolute atomic E-state index is 0.273. The monoisotopic (exact) mass is 262 g/mol. The molecule has 0 spiro atoms. The first kappa shape index (κ1) is 13.8. The standard InChI is InChI=1S/C14H22N4O/c15-14(18-12-4-2-1-3-5-12)17-10-13(19)11-6-8-16-9-7-11/h6-9,12-13,19H,1-5,10H2,(H3,15,17,18). The van der Waals surface area contributed by atoms with Crippen LogP contribution >= 0.6 is 0 Å². The lowest BCUT2D eigenvalue weighted by Crippen LogP contribution is -2.41. The maximum absolute atomic E-state index is 9.96. The van der Waals surface area contributed by atoms with Gasteiger partial charge in [-0.2, -0.15) is 0 Å². The summed E-state index contributed by atoms with van der Waals surface area (Å²) in [5.74, 6) is 0.431. The van der Waals surface area contributed by atoms with E-state index in [0.29, 0.717) is 12.0 Å². The molecule has 4 N–H and O–H groups in total. The van der Waals surface area contributed by atoms with Crippen molar-refractivity contribution in [2.24, 2.45) is 10.7 Å². The van der Waals surface area contributed by atoms with E-state index >= 15 is 0 Å². The van der Waals surface area contributed by atoms with Crippen molar-refractivity contribution in [1.82, 2.24) is 10.3 Å². The minimum Gasteiger partial charge on any atom is -0.386 e. The highest BCUT2D eigenvalue weighted by atomic mass is 16.3. The fraction of sp³-hybridized carbons (Fsp3) is 0.571. The molecule has 0 amide bonds. The molecular weight excluding hydrogens is 240 g/mol. The van der Waals surface area contributed by atoms with E-state index in [1.165, 1.54) is 19.3 Å². The van der Waals surface area contributed by atoms with Gasteiger partial charge in [0, 0.05) is 18.4 Å². The number of guanidine groups is 1. The Bertz CT molecular complexity index is 401. The lowest BCUT2D eigenvalue weighted by atomic mass is 9.96. The maximum Gasteiger partial charge on any atom is 0.188 e. The number of nitrogens with zero attached hydrogens (tertiary/aromatic N) is 2. The second-order valence-corrected chi connectivity index (χ2v) is 5.00. The van der Waals surface area contributed by atoms with Crippen LogP contribution in [0.15, 0.2) is 29.5 Å². The van der Waals surface area contributed by atoms with Crippen LogP contribution in [0.25, 0.3) is 0 Å². The Hall–Kier alpha value is -1.62. The van der Waals surface area contributed by atoms with E-state index in [2.05, 4.69) is 15.3 Å². The van der Waals surface area contributed by atoms with Crippen LogP contribution in [0.4, 0.5) is 0 Å². The van der Waals surface area contributed by atoms with Gasteiger partial charge in [0.2, 0.25) is 0 Å². The van der Waals surface area contributed by atoms with Crippen LogP contribution in [0.5, 0.6) is 0 Å². The summed E-state index contributed by atoms with van der Waals surface area (Å²) in [7, 11) is 0. The first-order valence-corrected chi connectivity index (χ1v) is 6.90. The van der Waals surface area contributed by atoms with Crippen LogP contribution in [-0.2, 0) is 0 Å². The molecule has 1 aromatic heterocycles. The molecule has 0 saturated heterocycles. The highest BCUT2D eigenvalue weighted by Gasteiger charge is 2.13. The topological polar surface area (TPSA) is 83.5 Å². The highest BCUT2D eigenvalue weighted by Crippen LogP contribution is 2.17. The second-order valence-electron chi connectivity index (χ2n) is 5.00. The van der Waals surface area contributed by atoms with E-state index in [4.69, 9.17) is 5.73 Å². The van der Waals surface area contributed by atoms with Crippen LogP contribution in [0.1, 0.15) is 43.8 Å². The van der Waals surface area contributed by atoms with Gasteiger partial charge in [0.05, 0.1) is 12.6 Å². The van der Waals surface area contributed by atoms with Gasteiger partial charge in [-0.3, -0.25) is 9.98 Å². The van der Waals surface area contributed by atoms with Crippen molar-refractivity contribution in [1.29, 1.82) is 0 Å². The van der Waals surface area contributed by atoms with Crippen LogP contribution in [0, 0.1) is 0 Å². The largest absolute Gasteiger partial charge is 0.386 e. The molecule has 2 rings (SSSR count). The zero-order valence-electron chi connectivity index (χ0n) is 11.1. The van der Waals surface area contributed by atoms with Gasteiger partial charge in [-0.15, -0.1) is 0 Å². The molecule has 1 atom stereocenters. The second kappa shape index (κ2) is 7.09. The zero-order valence-corrected chi connectivity index (χ0v) is 11.1. The van der Waals surface area contributed by atoms with Crippen molar-refractivity contribution in [3.8, 4) is 0 Å². The third kappa shape index (κ3) is 4.52. The van der Waals surface area contributed by atoms with E-state index < -0.39 is 6.10 Å². The van der Waals surface area contributed by atoms with Crippen molar-refractivity contribution in [2.75, 3.05) is 6.54 Å². The molecule has 0 bridgehead atoms. The minimum atomic E-state index is -0.630. The van der Waals surface area contributed by atoms with E-state index in [9.17, 15) is 5.11 Å². The summed E-state index contributed by atoms with van der Waals surface area (Å²) in [4.78, 5) is 8.12. The molecule has 104 valence electrons. The van der Waals surface area contributed by atoms with Gasteiger partial charge in [0.1, 0.15) is 0 Å². The van der Waals surface area contributed by atoms with Crippen LogP contribution < -0.4 is 11.1 Å². The van der Waals surface area contributed by atoms with Gasteiger partial charge in [0.15, 0.2) is 5.96 Å². The van der Waals surface area contributed by atoms with E-state index in [1.54, 1.807) is 24.5 Å². The molecular formula is C14H22N4O. The van der Waals surface area contributed by atoms with Gasteiger partial charge in [-0.1, -0.05) is 19.3 Å². The predicted molar refractivity (Wildman–Crippen MR) is 75.7 cm³/mol. The Morgan fingerprint density at radius 2 is 2.05 bits per heavy atom. The average Bonchev–Trinajstić information content (AvgIpc) is 2.47. The number of aliphatic hydroxyl groups is 1. The number of nitrogens with two attached hydrogens (primary N) is 1. The summed E-state index contributed by atoms with van der Waals surface area (Å²) in [6, 6.07) is 4.01. The number of rotatable bonds is 4. The molecule has 5 nitrogen and oxygen atoms in total. The van der Waals surface area contributed by atoms with Crippen molar-refractivity contribution >= 4 is 5.96 Å². The predicted octanol–water partition coefficient (Wildman–Crippen LogP) is 1.35. The first-order chi connectivity index (χ1) is 9.25. The van der Waals surface area contributed by atoms with Crippen LogP contribution in [0.2, 0.25) is 0 Å². The number of nitrogens with one attached hydrogen (secondary N) is 1. The van der Waals surface area contributed by atoms with E-state index in [1.807, 2.05) is 0 Å². The lowest BCUT2D eigenvalue weighted by Gasteiger charge is -2.23. The van der Waals surface area contributed by atoms with Crippen molar-refractivity contribution in [3.63, 3.8) is 0 Å². The lowest BCUT2D eigenvalue weighted by molar-refractivity contribution is 0.187. The number of hydrogen-bond acceptors (Lipinski definition) is 3. The molecule has 1 fully saturated rings. The molecule has 1 unspecified atom stereocenters. The van der Waals surface area contributed by atoms with Gasteiger partial charge in [-0.25, -0.2) is 0 Å². The summed E-state index contributed by atoms with van der Waals surface area (Å²) in [6.45, 7) is 0.273. The summed E-state index contributed by atoms with van der Waals surface area (Å²) >= 11 is 0. The summed E-state index contributed by atoms with van der Waals surface area (Å²) in [6.07, 6.45) is 8.82. The maximum atomic E-state index is 9.96. The Morgan fingerprint density at radius 3 is 2.74 bits per heavy atom. The third-order valence-corrected chi connectivity index (χ3v) is 3.48. The zero-order chi connectivity index (χ0) is 13.5. The Morgan fingerprint density at radius 1 is 1.37 bits per heavy atom. The Kier molecular flexibility index (Phi) is 5.15. The van der Waals surface area contributed by atoms with Gasteiger partial charge in [0.25, 0.3) is 0 Å². The molecule has 0 radical (unpaired) electrons. The van der Waals surface area contributed by atoms with Gasteiger partial charge < -0.3 is 16.2 Å². The van der Waals surface area contributed by atoms with Crippen molar-refractivity contribution in [2.45, 2.75) is 44.2 Å². The first-order valence-electron chi connectivity index (χ1n) is 6.90. The molecule has 0 aliphatic heterocycles. The SMILES string of the molecule is NC(=NCC(O)c1ccncc1)NC1CCCCC1. The van der Waals surface area contributed by atoms with Crippen LogP contribution in [0.3, 0.4) is 0 Å². The number of aromatic nitrogens is 1. The molecule has 1 heterocycles. The number of pyridine rings is 1. The molecule has 1 saturated carbocycles. The highest BCUT2D eigenvalue weighted by molar-refractivity contribution is 5.78. The van der Waals surface area contributed by atoms with Crippen molar-refractivity contribution < 1.29 is 5.11 Å². The molecule has 1 aromatic rings. The number of aliphatic hydroxyl groups excluding tert-OH is 1. The quantitative estimate of drug-likeness (QED) is 0.565. The summed E-state index contributed by atoms with van der Waals surface area (Å²) < 4.78 is 0. The van der Waals surface area contributed by atoms with Crippen molar-refractivity contribution in [3.05, 3.63) is 30.1 Å². The third-order valence-electron chi connectivity index (χ3n) is 3.48. The molecule has 1 aliphatic rings. The molecule has 5 heteroatoms. The molecule has 0 aromatic carbocycles. The van der Waals surface area contributed by atoms with E-state index in [-0.39, 0.29) is 6.54 Å². The van der Waals surface area contributed by atoms with Crippen LogP contribution in [-0.4, -0.2) is 28.6 Å². The Labute approximate surface area is 114 Å². The molecule has 19 heavy (non-hydrogen) atoms. The fourth-order valence-electron chi connectivity index (χ4n) is 2.38. The van der Waals surface area contributed by atoms with Gasteiger partial charge >= 0.3 is 0 Å².